The van der Waals surface area contributed by atoms with Gasteiger partial charge in [-0.25, -0.2) is 0 Å². The van der Waals surface area contributed by atoms with Crippen LogP contribution in [0.2, 0.25) is 0 Å². The average Bonchev–Trinajstić information content (AvgIpc) is 3.79. The van der Waals surface area contributed by atoms with E-state index in [4.69, 9.17) is 0 Å². The summed E-state index contributed by atoms with van der Waals surface area (Å²) in [6.07, 6.45) is 0. The van der Waals surface area contributed by atoms with Crippen molar-refractivity contribution in [1.29, 1.82) is 0 Å². The molecule has 0 saturated carbocycles. The molecule has 1 nitrogen and oxygen atoms in total. The van der Waals surface area contributed by atoms with Gasteiger partial charge < -0.3 is 4.90 Å². The van der Waals surface area contributed by atoms with Crippen molar-refractivity contribution in [2.24, 2.45) is 0 Å². The second-order valence-corrected chi connectivity index (χ2v) is 17.6. The van der Waals surface area contributed by atoms with Crippen molar-refractivity contribution in [2.45, 2.75) is 24.7 Å². The van der Waals surface area contributed by atoms with Gasteiger partial charge in [-0.05, 0) is 108 Å². The standard InChI is InChI=1S/C62H45N/c1-61(2)53-34-19-17-32-51(53)59-57(41-44-26-15-16-31-50(44)60(59)61)63(49-39-45(42-22-7-3-8-23-42)38-46(40-49)43-24-9-4-10-25-43)56-37-21-36-55-58(56)52-33-18-20-35-54(52)62(55,47-27-11-5-12-28-47)48-29-13-6-14-30-48/h3-41H,1-2H3. The number of benzene rings is 10. The molecule has 0 unspecified atom stereocenters. The molecule has 12 rings (SSSR count). The molecule has 10 aromatic carbocycles. The molecule has 0 fully saturated rings. The molecule has 0 heterocycles. The van der Waals surface area contributed by atoms with Gasteiger partial charge in [-0.2, -0.15) is 0 Å². The summed E-state index contributed by atoms with van der Waals surface area (Å²) in [4.78, 5) is 2.62. The third-order valence-electron chi connectivity index (χ3n) is 13.9. The zero-order chi connectivity index (χ0) is 42.1. The summed E-state index contributed by atoms with van der Waals surface area (Å²) < 4.78 is 0. The minimum Gasteiger partial charge on any atom is -0.309 e. The topological polar surface area (TPSA) is 3.24 Å². The smallest absolute Gasteiger partial charge is 0.0714 e. The highest BCUT2D eigenvalue weighted by atomic mass is 15.1. The van der Waals surface area contributed by atoms with Crippen LogP contribution in [-0.4, -0.2) is 0 Å². The molecule has 0 aromatic heterocycles. The highest BCUT2D eigenvalue weighted by Crippen LogP contribution is 2.62. The third-order valence-corrected chi connectivity index (χ3v) is 13.9. The number of fused-ring (bicyclic) bond motifs is 8. The summed E-state index contributed by atoms with van der Waals surface area (Å²) in [7, 11) is 0. The zero-order valence-corrected chi connectivity index (χ0v) is 35.5. The second-order valence-electron chi connectivity index (χ2n) is 17.6. The molecule has 0 atom stereocenters. The minimum atomic E-state index is -0.545. The molecule has 10 aromatic rings. The molecule has 0 aliphatic heterocycles. The van der Waals surface area contributed by atoms with Crippen molar-refractivity contribution in [2.75, 3.05) is 4.90 Å². The first-order valence-corrected chi connectivity index (χ1v) is 22.1. The van der Waals surface area contributed by atoms with Gasteiger partial charge in [-0.3, -0.25) is 0 Å². The van der Waals surface area contributed by atoms with Gasteiger partial charge in [-0.1, -0.05) is 220 Å². The molecule has 63 heavy (non-hydrogen) atoms. The first-order chi connectivity index (χ1) is 31.0. The van der Waals surface area contributed by atoms with Crippen LogP contribution in [-0.2, 0) is 10.8 Å². The fraction of sp³-hybridized carbons (Fsp3) is 0.0645. The Hall–Kier alpha value is -7.74. The number of hydrogen-bond acceptors (Lipinski definition) is 1. The number of nitrogens with zero attached hydrogens (tertiary/aromatic N) is 1. The van der Waals surface area contributed by atoms with Crippen LogP contribution in [0.4, 0.5) is 17.1 Å². The van der Waals surface area contributed by atoms with Crippen LogP contribution in [0.15, 0.2) is 237 Å². The summed E-state index contributed by atoms with van der Waals surface area (Å²) in [6.45, 7) is 4.82. The van der Waals surface area contributed by atoms with E-state index in [0.717, 1.165) is 11.4 Å². The summed E-state index contributed by atoms with van der Waals surface area (Å²) in [5.41, 5.74) is 20.3. The number of anilines is 3. The van der Waals surface area contributed by atoms with Crippen molar-refractivity contribution in [3.63, 3.8) is 0 Å². The molecule has 298 valence electrons. The maximum absolute atomic E-state index is 2.62. The van der Waals surface area contributed by atoms with Crippen LogP contribution < -0.4 is 4.90 Å². The molecule has 0 saturated heterocycles. The Bertz CT molecular complexity index is 3250. The van der Waals surface area contributed by atoms with E-state index < -0.39 is 5.41 Å². The van der Waals surface area contributed by atoms with E-state index >= 15 is 0 Å². The van der Waals surface area contributed by atoms with Crippen molar-refractivity contribution < 1.29 is 0 Å². The van der Waals surface area contributed by atoms with E-state index in [0.29, 0.717) is 0 Å². The van der Waals surface area contributed by atoms with Gasteiger partial charge in [0.05, 0.1) is 16.8 Å². The number of hydrogen-bond donors (Lipinski definition) is 0. The second kappa shape index (κ2) is 14.4. The van der Waals surface area contributed by atoms with Crippen LogP contribution in [0.1, 0.15) is 47.2 Å². The molecule has 0 spiro atoms. The van der Waals surface area contributed by atoms with Gasteiger partial charge in [0.2, 0.25) is 0 Å². The summed E-state index contributed by atoms with van der Waals surface area (Å²) in [5, 5.41) is 2.53. The summed E-state index contributed by atoms with van der Waals surface area (Å²) in [6, 6.07) is 87.9. The first kappa shape index (κ1) is 37.1. The highest BCUT2D eigenvalue weighted by molar-refractivity contribution is 6.08. The monoisotopic (exact) mass is 803 g/mol. The van der Waals surface area contributed by atoms with E-state index in [1.807, 2.05) is 0 Å². The van der Waals surface area contributed by atoms with E-state index in [-0.39, 0.29) is 5.41 Å². The van der Waals surface area contributed by atoms with Crippen LogP contribution >= 0.6 is 0 Å². The SMILES string of the molecule is CC1(C)c2ccccc2-c2c(N(c3cc(-c4ccccc4)cc(-c4ccccc4)c3)c3cccc4c3-c3ccccc3C4(c3ccccc3)c3ccccc3)cc3ccccc3c21. The lowest BCUT2D eigenvalue weighted by molar-refractivity contribution is 0.666. The van der Waals surface area contributed by atoms with Gasteiger partial charge in [0.15, 0.2) is 0 Å². The van der Waals surface area contributed by atoms with E-state index in [1.165, 1.54) is 94.3 Å². The molecule has 0 N–H and O–H groups in total. The third kappa shape index (κ3) is 5.56. The van der Waals surface area contributed by atoms with Crippen molar-refractivity contribution >= 4 is 27.8 Å². The fourth-order valence-electron chi connectivity index (χ4n) is 11.2. The van der Waals surface area contributed by atoms with Gasteiger partial charge in [0, 0.05) is 22.2 Å². The number of rotatable bonds is 7. The van der Waals surface area contributed by atoms with Crippen LogP contribution in [0.25, 0.3) is 55.3 Å². The summed E-state index contributed by atoms with van der Waals surface area (Å²) >= 11 is 0. The van der Waals surface area contributed by atoms with Crippen LogP contribution in [0.5, 0.6) is 0 Å². The molecule has 2 aliphatic rings. The average molecular weight is 804 g/mol. The lowest BCUT2D eigenvalue weighted by atomic mass is 9.68. The maximum atomic E-state index is 2.62. The zero-order valence-electron chi connectivity index (χ0n) is 35.5. The predicted octanol–water partition coefficient (Wildman–Crippen LogP) is 16.3. The van der Waals surface area contributed by atoms with E-state index in [2.05, 4.69) is 255 Å². The Kier molecular flexibility index (Phi) is 8.49. The van der Waals surface area contributed by atoms with Crippen LogP contribution in [0, 0.1) is 0 Å². The molecule has 0 bridgehead atoms. The van der Waals surface area contributed by atoms with Gasteiger partial charge in [0.25, 0.3) is 0 Å². The Labute approximate surface area is 370 Å². The molecule has 1 heteroatoms. The van der Waals surface area contributed by atoms with Crippen LogP contribution in [0.3, 0.4) is 0 Å². The Morgan fingerprint density at radius 1 is 0.349 bits per heavy atom. The predicted molar refractivity (Wildman–Crippen MR) is 264 cm³/mol. The summed E-state index contributed by atoms with van der Waals surface area (Å²) in [5.74, 6) is 0. The molecular formula is C62H45N. The molecule has 2 aliphatic carbocycles. The highest BCUT2D eigenvalue weighted by Gasteiger charge is 2.48. The lowest BCUT2D eigenvalue weighted by Gasteiger charge is -2.35. The normalized spacial score (nSPS) is 13.8. The first-order valence-electron chi connectivity index (χ1n) is 22.1. The van der Waals surface area contributed by atoms with Gasteiger partial charge in [-0.15, -0.1) is 0 Å². The van der Waals surface area contributed by atoms with Crippen molar-refractivity contribution in [1.82, 2.24) is 0 Å². The molecular weight excluding hydrogens is 759 g/mol. The quantitative estimate of drug-likeness (QED) is 0.155. The van der Waals surface area contributed by atoms with Crippen molar-refractivity contribution in [3.05, 3.63) is 270 Å². The maximum Gasteiger partial charge on any atom is 0.0714 e. The largest absolute Gasteiger partial charge is 0.309 e. The van der Waals surface area contributed by atoms with Gasteiger partial charge >= 0.3 is 0 Å². The Balaban J connectivity index is 1.25. The Morgan fingerprint density at radius 3 is 1.46 bits per heavy atom. The van der Waals surface area contributed by atoms with Gasteiger partial charge in [0.1, 0.15) is 0 Å². The lowest BCUT2D eigenvalue weighted by Crippen LogP contribution is -2.28. The van der Waals surface area contributed by atoms with Crippen molar-refractivity contribution in [3.8, 4) is 44.5 Å². The van der Waals surface area contributed by atoms with E-state index in [9.17, 15) is 0 Å². The Morgan fingerprint density at radius 2 is 0.841 bits per heavy atom. The fourth-order valence-corrected chi connectivity index (χ4v) is 11.2. The molecule has 0 amide bonds. The molecule has 0 radical (unpaired) electrons. The van der Waals surface area contributed by atoms with E-state index in [1.54, 1.807) is 0 Å². The minimum absolute atomic E-state index is 0.227.